The van der Waals surface area contributed by atoms with Crippen molar-refractivity contribution in [1.29, 1.82) is 0 Å². The summed E-state index contributed by atoms with van der Waals surface area (Å²) in [5, 5.41) is 3.69. The van der Waals surface area contributed by atoms with Crippen molar-refractivity contribution in [2.75, 3.05) is 16.8 Å². The second-order valence-electron chi connectivity index (χ2n) is 4.96. The summed E-state index contributed by atoms with van der Waals surface area (Å²) in [5.74, 6) is -0.0457. The normalized spacial score (nSPS) is 21.9. The Balaban J connectivity index is 2.20. The van der Waals surface area contributed by atoms with Crippen molar-refractivity contribution >= 4 is 29.0 Å². The molecule has 0 spiro atoms. The minimum absolute atomic E-state index is 0.0754. The quantitative estimate of drug-likeness (QED) is 0.730. The van der Waals surface area contributed by atoms with Gasteiger partial charge in [-0.25, -0.2) is 4.39 Å². The molecule has 6 heteroatoms. The average molecular weight is 297 g/mol. The lowest BCUT2D eigenvalue weighted by Gasteiger charge is -2.22. The molecular weight excluding hydrogens is 277 g/mol. The van der Waals surface area contributed by atoms with Gasteiger partial charge in [-0.2, -0.15) is 11.8 Å². The molecule has 0 heterocycles. The molecule has 1 aliphatic carbocycles. The van der Waals surface area contributed by atoms with Crippen LogP contribution in [0.25, 0.3) is 0 Å². The highest BCUT2D eigenvalue weighted by Gasteiger charge is 2.28. The summed E-state index contributed by atoms with van der Waals surface area (Å²) in [6, 6.07) is 2.79. The molecule has 1 saturated carbocycles. The molecule has 1 aromatic carbocycles. The van der Waals surface area contributed by atoms with Gasteiger partial charge >= 0.3 is 0 Å². The minimum atomic E-state index is -0.642. The van der Waals surface area contributed by atoms with Crippen LogP contribution >= 0.6 is 11.8 Å². The number of hydrogen-bond donors (Lipinski definition) is 3. The largest absolute Gasteiger partial charge is 0.398 e. The topological polar surface area (TPSA) is 81.1 Å². The van der Waals surface area contributed by atoms with E-state index in [4.69, 9.17) is 11.5 Å². The first-order valence-corrected chi connectivity index (χ1v) is 7.84. The van der Waals surface area contributed by atoms with E-state index < -0.39 is 11.7 Å². The van der Waals surface area contributed by atoms with Crippen LogP contribution in [-0.2, 0) is 0 Å². The van der Waals surface area contributed by atoms with Crippen LogP contribution in [0.15, 0.2) is 12.1 Å². The maximum atomic E-state index is 14.0. The van der Waals surface area contributed by atoms with Gasteiger partial charge in [0, 0.05) is 17.0 Å². The number of carbonyl (C=O) groups is 1. The molecule has 20 heavy (non-hydrogen) atoms. The number of nitrogens with two attached hydrogens (primary N) is 2. The molecule has 1 aliphatic rings. The zero-order valence-corrected chi connectivity index (χ0v) is 12.3. The van der Waals surface area contributed by atoms with Gasteiger partial charge in [-0.05, 0) is 30.7 Å². The van der Waals surface area contributed by atoms with Gasteiger partial charge in [0.1, 0.15) is 5.82 Å². The zero-order chi connectivity index (χ0) is 14.7. The Morgan fingerprint density at radius 3 is 2.90 bits per heavy atom. The van der Waals surface area contributed by atoms with Gasteiger partial charge in [-0.1, -0.05) is 13.3 Å². The van der Waals surface area contributed by atoms with E-state index in [1.807, 2.05) is 11.8 Å². The molecular formula is C14H20FN3OS. The second kappa shape index (κ2) is 6.35. The summed E-state index contributed by atoms with van der Waals surface area (Å²) in [7, 11) is 0. The van der Waals surface area contributed by atoms with E-state index in [1.165, 1.54) is 6.07 Å². The van der Waals surface area contributed by atoms with Crippen LogP contribution in [0.4, 0.5) is 15.8 Å². The standard InChI is InChI=1S/C14H20FN3OS/c1-2-20-13-5-3-4-11(13)18-12-6-8(14(17)19)10(16)7-9(12)15/h6-7,11,13,18H,2-5,16H2,1H3,(H2,17,19). The molecule has 2 rings (SSSR count). The Labute approximate surface area is 122 Å². The third kappa shape index (κ3) is 3.17. The molecule has 0 saturated heterocycles. The van der Waals surface area contributed by atoms with Crippen molar-refractivity contribution in [1.82, 2.24) is 0 Å². The Hall–Kier alpha value is -1.43. The first-order chi connectivity index (χ1) is 9.52. The van der Waals surface area contributed by atoms with Crippen LogP contribution in [0.1, 0.15) is 36.5 Å². The van der Waals surface area contributed by atoms with Gasteiger partial charge in [-0.3, -0.25) is 4.79 Å². The predicted octanol–water partition coefficient (Wildman–Crippen LogP) is 2.59. The van der Waals surface area contributed by atoms with Crippen LogP contribution in [0, 0.1) is 5.82 Å². The Kier molecular flexibility index (Phi) is 4.75. The lowest BCUT2D eigenvalue weighted by molar-refractivity contribution is 0.100. The van der Waals surface area contributed by atoms with Crippen LogP contribution in [0.5, 0.6) is 0 Å². The SMILES string of the molecule is CCSC1CCCC1Nc1cc(C(N)=O)c(N)cc1F. The van der Waals surface area contributed by atoms with Gasteiger partial charge in [0.25, 0.3) is 5.91 Å². The number of anilines is 2. The number of carbonyl (C=O) groups excluding carboxylic acids is 1. The summed E-state index contributed by atoms with van der Waals surface area (Å²) in [6.07, 6.45) is 3.28. The Morgan fingerprint density at radius 2 is 2.25 bits per heavy atom. The molecule has 2 atom stereocenters. The lowest BCUT2D eigenvalue weighted by Crippen LogP contribution is -2.27. The van der Waals surface area contributed by atoms with Gasteiger partial charge in [0.05, 0.1) is 11.3 Å². The maximum absolute atomic E-state index is 14.0. The number of nitrogens with one attached hydrogen (secondary N) is 1. The fourth-order valence-electron chi connectivity index (χ4n) is 2.62. The monoisotopic (exact) mass is 297 g/mol. The summed E-state index contributed by atoms with van der Waals surface area (Å²) < 4.78 is 14.0. The minimum Gasteiger partial charge on any atom is -0.398 e. The van der Waals surface area contributed by atoms with E-state index in [0.717, 1.165) is 31.1 Å². The maximum Gasteiger partial charge on any atom is 0.250 e. The van der Waals surface area contributed by atoms with Crippen molar-refractivity contribution < 1.29 is 9.18 Å². The molecule has 0 aromatic heterocycles. The molecule has 0 radical (unpaired) electrons. The van der Waals surface area contributed by atoms with E-state index in [0.29, 0.717) is 10.9 Å². The van der Waals surface area contributed by atoms with E-state index in [2.05, 4.69) is 12.2 Å². The molecule has 5 N–H and O–H groups in total. The molecule has 0 aliphatic heterocycles. The lowest BCUT2D eigenvalue weighted by atomic mass is 10.1. The number of benzene rings is 1. The second-order valence-corrected chi connectivity index (χ2v) is 6.48. The fourth-order valence-corrected chi connectivity index (χ4v) is 3.81. The highest BCUT2D eigenvalue weighted by molar-refractivity contribution is 7.99. The predicted molar refractivity (Wildman–Crippen MR) is 82.5 cm³/mol. The number of hydrogen-bond acceptors (Lipinski definition) is 4. The van der Waals surface area contributed by atoms with Gasteiger partial charge in [0.15, 0.2) is 0 Å². The van der Waals surface area contributed by atoms with Crippen LogP contribution < -0.4 is 16.8 Å². The first-order valence-electron chi connectivity index (χ1n) is 6.80. The van der Waals surface area contributed by atoms with E-state index in [-0.39, 0.29) is 17.3 Å². The fraction of sp³-hybridized carbons (Fsp3) is 0.500. The summed E-state index contributed by atoms with van der Waals surface area (Å²) in [6.45, 7) is 2.12. The average Bonchev–Trinajstić information content (AvgIpc) is 2.80. The number of amides is 1. The van der Waals surface area contributed by atoms with Gasteiger partial charge < -0.3 is 16.8 Å². The first kappa shape index (κ1) is 15.0. The molecule has 2 unspecified atom stereocenters. The molecule has 1 fully saturated rings. The highest BCUT2D eigenvalue weighted by atomic mass is 32.2. The van der Waals surface area contributed by atoms with Crippen molar-refractivity contribution in [3.63, 3.8) is 0 Å². The van der Waals surface area contributed by atoms with Crippen molar-refractivity contribution in [2.24, 2.45) is 5.73 Å². The summed E-state index contributed by atoms with van der Waals surface area (Å²) in [4.78, 5) is 11.3. The Morgan fingerprint density at radius 1 is 1.50 bits per heavy atom. The third-order valence-electron chi connectivity index (χ3n) is 3.58. The van der Waals surface area contributed by atoms with Crippen molar-refractivity contribution in [3.8, 4) is 0 Å². The number of primary amides is 1. The molecule has 1 amide bonds. The molecule has 1 aromatic rings. The number of halogens is 1. The van der Waals surface area contributed by atoms with Gasteiger partial charge in [0.2, 0.25) is 0 Å². The smallest absolute Gasteiger partial charge is 0.250 e. The van der Waals surface area contributed by atoms with Crippen LogP contribution in [0.3, 0.4) is 0 Å². The number of thioether (sulfide) groups is 1. The molecule has 0 bridgehead atoms. The molecule has 4 nitrogen and oxygen atoms in total. The van der Waals surface area contributed by atoms with Crippen molar-refractivity contribution in [3.05, 3.63) is 23.5 Å². The van der Waals surface area contributed by atoms with Crippen LogP contribution in [-0.4, -0.2) is 23.0 Å². The highest BCUT2D eigenvalue weighted by Crippen LogP contribution is 2.33. The molecule has 110 valence electrons. The van der Waals surface area contributed by atoms with Crippen molar-refractivity contribution in [2.45, 2.75) is 37.5 Å². The third-order valence-corrected chi connectivity index (χ3v) is 4.90. The van der Waals surface area contributed by atoms with Crippen LogP contribution in [0.2, 0.25) is 0 Å². The number of rotatable bonds is 5. The van der Waals surface area contributed by atoms with E-state index in [9.17, 15) is 9.18 Å². The summed E-state index contributed by atoms with van der Waals surface area (Å²) in [5.41, 5.74) is 11.4. The Bertz CT molecular complexity index is 509. The summed E-state index contributed by atoms with van der Waals surface area (Å²) >= 11 is 1.88. The number of nitrogen functional groups attached to an aromatic ring is 1. The van der Waals surface area contributed by atoms with E-state index >= 15 is 0 Å². The zero-order valence-electron chi connectivity index (χ0n) is 11.5. The van der Waals surface area contributed by atoms with E-state index in [1.54, 1.807) is 0 Å². The van der Waals surface area contributed by atoms with Gasteiger partial charge in [-0.15, -0.1) is 0 Å².